The lowest BCUT2D eigenvalue weighted by Crippen LogP contribution is -2.38. The fraction of sp³-hybridized carbons (Fsp3) is 0.300. The number of benzene rings is 2. The molecule has 2 aromatic rings. The molecule has 2 rings (SSSR count). The molecule has 1 atom stereocenters. The van der Waals surface area contributed by atoms with Gasteiger partial charge in [0.05, 0.1) is 25.6 Å². The summed E-state index contributed by atoms with van der Waals surface area (Å²) < 4.78 is 5.40. The van der Waals surface area contributed by atoms with Crippen LogP contribution in [0, 0.1) is 0 Å². The molecule has 0 fully saturated rings. The lowest BCUT2D eigenvalue weighted by molar-refractivity contribution is -0.126. The van der Waals surface area contributed by atoms with Crippen LogP contribution in [0.5, 0.6) is 5.75 Å². The van der Waals surface area contributed by atoms with Gasteiger partial charge in [-0.3, -0.25) is 9.59 Å². The van der Waals surface area contributed by atoms with Gasteiger partial charge in [0.2, 0.25) is 11.8 Å². The zero-order valence-corrected chi connectivity index (χ0v) is 14.6. The van der Waals surface area contributed by atoms with E-state index < -0.39 is 0 Å². The second-order valence-electron chi connectivity index (χ2n) is 5.73. The van der Waals surface area contributed by atoms with E-state index in [0.29, 0.717) is 6.61 Å². The fourth-order valence-corrected chi connectivity index (χ4v) is 2.42. The van der Waals surface area contributed by atoms with Gasteiger partial charge in [0.15, 0.2) is 0 Å². The highest BCUT2D eigenvalue weighted by Crippen LogP contribution is 2.17. The average Bonchev–Trinajstić information content (AvgIpc) is 2.62. The SMILES string of the molecule is CCOc1ccc(C(C)NC(=O)CNC(=O)Cc2ccccc2)cc1. The van der Waals surface area contributed by atoms with Gasteiger partial charge in [-0.15, -0.1) is 0 Å². The Balaban J connectivity index is 1.76. The molecular formula is C20H24N2O3. The lowest BCUT2D eigenvalue weighted by atomic mass is 10.1. The van der Waals surface area contributed by atoms with Crippen molar-refractivity contribution in [1.82, 2.24) is 10.6 Å². The molecule has 0 heterocycles. The molecule has 2 amide bonds. The van der Waals surface area contributed by atoms with Crippen LogP contribution in [0.15, 0.2) is 54.6 Å². The maximum absolute atomic E-state index is 12.0. The molecule has 0 saturated carbocycles. The molecule has 0 aliphatic rings. The second-order valence-corrected chi connectivity index (χ2v) is 5.73. The standard InChI is InChI=1S/C20H24N2O3/c1-3-25-18-11-9-17(10-12-18)15(2)22-20(24)14-21-19(23)13-16-7-5-4-6-8-16/h4-12,15H,3,13-14H2,1-2H3,(H,21,23)(H,22,24). The van der Waals surface area contributed by atoms with E-state index in [4.69, 9.17) is 4.74 Å². The number of nitrogens with one attached hydrogen (secondary N) is 2. The predicted molar refractivity (Wildman–Crippen MR) is 97.3 cm³/mol. The van der Waals surface area contributed by atoms with Crippen LogP contribution < -0.4 is 15.4 Å². The molecular weight excluding hydrogens is 316 g/mol. The molecule has 0 spiro atoms. The third kappa shape index (κ3) is 6.30. The van der Waals surface area contributed by atoms with Crippen LogP contribution in [0.2, 0.25) is 0 Å². The Morgan fingerprint density at radius 3 is 2.32 bits per heavy atom. The van der Waals surface area contributed by atoms with Crippen molar-refractivity contribution in [2.75, 3.05) is 13.2 Å². The summed E-state index contributed by atoms with van der Waals surface area (Å²) in [6.45, 7) is 4.42. The van der Waals surface area contributed by atoms with E-state index >= 15 is 0 Å². The van der Waals surface area contributed by atoms with Crippen LogP contribution in [0.1, 0.15) is 31.0 Å². The summed E-state index contributed by atoms with van der Waals surface area (Å²) in [5, 5.41) is 5.51. The van der Waals surface area contributed by atoms with Crippen molar-refractivity contribution in [3.63, 3.8) is 0 Å². The lowest BCUT2D eigenvalue weighted by Gasteiger charge is -2.15. The van der Waals surface area contributed by atoms with E-state index in [9.17, 15) is 9.59 Å². The minimum absolute atomic E-state index is 0.0347. The third-order valence-corrected chi connectivity index (χ3v) is 3.72. The van der Waals surface area contributed by atoms with Crippen molar-refractivity contribution < 1.29 is 14.3 Å². The molecule has 5 nitrogen and oxygen atoms in total. The summed E-state index contributed by atoms with van der Waals surface area (Å²) in [6, 6.07) is 16.9. The molecule has 0 aliphatic heterocycles. The summed E-state index contributed by atoms with van der Waals surface area (Å²) in [6.07, 6.45) is 0.266. The second kappa shape index (κ2) is 9.47. The van der Waals surface area contributed by atoms with Crippen LogP contribution in [0.3, 0.4) is 0 Å². The number of hydrogen-bond donors (Lipinski definition) is 2. The first-order chi connectivity index (χ1) is 12.1. The molecule has 0 saturated heterocycles. The van der Waals surface area contributed by atoms with Gasteiger partial charge in [-0.1, -0.05) is 42.5 Å². The molecule has 0 aliphatic carbocycles. The number of hydrogen-bond acceptors (Lipinski definition) is 3. The highest BCUT2D eigenvalue weighted by atomic mass is 16.5. The molecule has 1 unspecified atom stereocenters. The minimum atomic E-state index is -0.220. The quantitative estimate of drug-likeness (QED) is 0.776. The zero-order valence-electron chi connectivity index (χ0n) is 14.6. The first-order valence-corrected chi connectivity index (χ1v) is 8.41. The number of rotatable bonds is 8. The van der Waals surface area contributed by atoms with Crippen molar-refractivity contribution in [2.45, 2.75) is 26.3 Å². The van der Waals surface area contributed by atoms with Gasteiger partial charge in [-0.05, 0) is 37.1 Å². The van der Waals surface area contributed by atoms with Crippen LogP contribution in [0.25, 0.3) is 0 Å². The van der Waals surface area contributed by atoms with Gasteiger partial charge in [0, 0.05) is 0 Å². The summed E-state index contributed by atoms with van der Waals surface area (Å²) in [5.41, 5.74) is 1.90. The normalized spacial score (nSPS) is 11.4. The van der Waals surface area contributed by atoms with Crippen molar-refractivity contribution in [3.05, 3.63) is 65.7 Å². The van der Waals surface area contributed by atoms with E-state index in [0.717, 1.165) is 16.9 Å². The van der Waals surface area contributed by atoms with Crippen molar-refractivity contribution in [2.24, 2.45) is 0 Å². The zero-order chi connectivity index (χ0) is 18.1. The Hall–Kier alpha value is -2.82. The van der Waals surface area contributed by atoms with Crippen LogP contribution in [-0.4, -0.2) is 25.0 Å². The molecule has 2 N–H and O–H groups in total. The largest absolute Gasteiger partial charge is 0.494 e. The highest BCUT2D eigenvalue weighted by Gasteiger charge is 2.11. The summed E-state index contributed by atoms with van der Waals surface area (Å²) in [4.78, 5) is 23.9. The Labute approximate surface area is 148 Å². The first-order valence-electron chi connectivity index (χ1n) is 8.41. The molecule has 0 aromatic heterocycles. The van der Waals surface area contributed by atoms with Crippen LogP contribution in [0.4, 0.5) is 0 Å². The number of carbonyl (C=O) groups is 2. The van der Waals surface area contributed by atoms with Gasteiger partial charge < -0.3 is 15.4 Å². The van der Waals surface area contributed by atoms with E-state index in [1.807, 2.05) is 68.4 Å². The smallest absolute Gasteiger partial charge is 0.239 e. The number of amides is 2. The topological polar surface area (TPSA) is 67.4 Å². The molecule has 25 heavy (non-hydrogen) atoms. The van der Waals surface area contributed by atoms with E-state index in [1.165, 1.54) is 0 Å². The van der Waals surface area contributed by atoms with Crippen molar-refractivity contribution in [1.29, 1.82) is 0 Å². The predicted octanol–water partition coefficient (Wildman–Crippen LogP) is 2.62. The maximum atomic E-state index is 12.0. The number of ether oxygens (including phenoxy) is 1. The molecule has 0 radical (unpaired) electrons. The Morgan fingerprint density at radius 2 is 1.68 bits per heavy atom. The molecule has 132 valence electrons. The van der Waals surface area contributed by atoms with E-state index in [-0.39, 0.29) is 30.8 Å². The highest BCUT2D eigenvalue weighted by molar-refractivity contribution is 5.85. The van der Waals surface area contributed by atoms with Gasteiger partial charge in [0.25, 0.3) is 0 Å². The van der Waals surface area contributed by atoms with Crippen molar-refractivity contribution in [3.8, 4) is 5.75 Å². The average molecular weight is 340 g/mol. The maximum Gasteiger partial charge on any atom is 0.239 e. The van der Waals surface area contributed by atoms with Gasteiger partial charge in [0.1, 0.15) is 5.75 Å². The van der Waals surface area contributed by atoms with E-state index in [1.54, 1.807) is 0 Å². The summed E-state index contributed by atoms with van der Waals surface area (Å²) in [5.74, 6) is 0.413. The Bertz CT molecular complexity index is 684. The monoisotopic (exact) mass is 340 g/mol. The van der Waals surface area contributed by atoms with Crippen LogP contribution >= 0.6 is 0 Å². The Kier molecular flexibility index (Phi) is 7.01. The minimum Gasteiger partial charge on any atom is -0.494 e. The van der Waals surface area contributed by atoms with Crippen LogP contribution in [-0.2, 0) is 16.0 Å². The summed E-state index contributed by atoms with van der Waals surface area (Å²) in [7, 11) is 0. The third-order valence-electron chi connectivity index (χ3n) is 3.72. The first kappa shape index (κ1) is 18.5. The molecule has 5 heteroatoms. The molecule has 0 bridgehead atoms. The van der Waals surface area contributed by atoms with E-state index in [2.05, 4.69) is 10.6 Å². The molecule has 2 aromatic carbocycles. The Morgan fingerprint density at radius 1 is 1.00 bits per heavy atom. The van der Waals surface area contributed by atoms with Gasteiger partial charge in [-0.25, -0.2) is 0 Å². The van der Waals surface area contributed by atoms with Gasteiger partial charge >= 0.3 is 0 Å². The number of carbonyl (C=O) groups excluding carboxylic acids is 2. The summed E-state index contributed by atoms with van der Waals surface area (Å²) >= 11 is 0. The fourth-order valence-electron chi connectivity index (χ4n) is 2.42. The van der Waals surface area contributed by atoms with Crippen molar-refractivity contribution >= 4 is 11.8 Å². The van der Waals surface area contributed by atoms with Gasteiger partial charge in [-0.2, -0.15) is 0 Å².